The minimum Gasteiger partial charge on any atom is -0.391 e. The predicted molar refractivity (Wildman–Crippen MR) is 67.6 cm³/mol. The lowest BCUT2D eigenvalue weighted by atomic mass is 10.1. The molecule has 0 fully saturated rings. The summed E-state index contributed by atoms with van der Waals surface area (Å²) in [7, 11) is 0. The molecule has 1 aromatic heterocycles. The molecule has 1 unspecified atom stereocenters. The van der Waals surface area contributed by atoms with Crippen LogP contribution in [0.1, 0.15) is 31.4 Å². The molecule has 0 aliphatic heterocycles. The highest BCUT2D eigenvalue weighted by Crippen LogP contribution is 2.15. The zero-order valence-corrected chi connectivity index (χ0v) is 10.6. The van der Waals surface area contributed by atoms with Crippen LogP contribution in [0.15, 0.2) is 12.3 Å². The lowest BCUT2D eigenvalue weighted by molar-refractivity contribution is 0.161. The Morgan fingerprint density at radius 3 is 2.82 bits per heavy atom. The minimum absolute atomic E-state index is 0.413. The third-order valence-electron chi connectivity index (χ3n) is 2.52. The van der Waals surface area contributed by atoms with Crippen molar-refractivity contribution in [2.75, 3.05) is 11.9 Å². The second-order valence-corrected chi connectivity index (χ2v) is 4.63. The Balaban J connectivity index is 2.64. The van der Waals surface area contributed by atoms with Crippen LogP contribution in [0.3, 0.4) is 0 Å². The first kappa shape index (κ1) is 13.5. The molecule has 0 bridgehead atoms. The normalized spacial score (nSPS) is 12.2. The number of nitrogens with one attached hydrogen (secondary N) is 1. The smallest absolute Gasteiger partial charge is 0.144 e. The van der Waals surface area contributed by atoms with E-state index in [1.807, 2.05) is 6.92 Å². The van der Waals surface area contributed by atoms with E-state index in [9.17, 15) is 5.11 Å². The first-order valence-electron chi connectivity index (χ1n) is 5.82. The molecule has 0 amide bonds. The van der Waals surface area contributed by atoms with Gasteiger partial charge < -0.3 is 10.4 Å². The summed E-state index contributed by atoms with van der Waals surface area (Å²) >= 11 is 0. The predicted octanol–water partition coefficient (Wildman–Crippen LogP) is 2.08. The minimum atomic E-state index is -0.413. The Labute approximate surface area is 102 Å². The molecule has 2 N–H and O–H groups in total. The van der Waals surface area contributed by atoms with Crippen molar-refractivity contribution in [1.82, 2.24) is 4.98 Å². The highest BCUT2D eigenvalue weighted by atomic mass is 16.3. The molecule has 17 heavy (non-hydrogen) atoms. The van der Waals surface area contributed by atoms with Gasteiger partial charge in [-0.2, -0.15) is 5.26 Å². The molecule has 4 nitrogen and oxygen atoms in total. The van der Waals surface area contributed by atoms with E-state index in [-0.39, 0.29) is 0 Å². The summed E-state index contributed by atoms with van der Waals surface area (Å²) in [6.45, 7) is 6.42. The third-order valence-corrected chi connectivity index (χ3v) is 2.52. The van der Waals surface area contributed by atoms with Crippen molar-refractivity contribution in [3.63, 3.8) is 0 Å². The van der Waals surface area contributed by atoms with E-state index in [2.05, 4.69) is 30.2 Å². The maximum absolute atomic E-state index is 9.74. The molecular weight excluding hydrogens is 214 g/mol. The molecule has 92 valence electrons. The fraction of sp³-hybridized carbons (Fsp3) is 0.538. The van der Waals surface area contributed by atoms with Crippen LogP contribution < -0.4 is 5.32 Å². The average molecular weight is 233 g/mol. The Bertz CT molecular complexity index is 410. The van der Waals surface area contributed by atoms with Crippen LogP contribution in [0.2, 0.25) is 0 Å². The SMILES string of the molecule is Cc1ccnc(NCC(O)CC(C)C)c1C#N. The molecule has 4 heteroatoms. The summed E-state index contributed by atoms with van der Waals surface area (Å²) < 4.78 is 0. The van der Waals surface area contributed by atoms with Crippen LogP contribution >= 0.6 is 0 Å². The Kier molecular flexibility index (Phi) is 4.92. The van der Waals surface area contributed by atoms with Crippen LogP contribution in [0, 0.1) is 24.2 Å². The summed E-state index contributed by atoms with van der Waals surface area (Å²) in [6.07, 6.45) is 1.98. The second-order valence-electron chi connectivity index (χ2n) is 4.63. The maximum atomic E-state index is 9.74. The molecule has 0 aromatic carbocycles. The van der Waals surface area contributed by atoms with Gasteiger partial charge in [0.1, 0.15) is 11.9 Å². The fourth-order valence-electron chi connectivity index (χ4n) is 1.68. The first-order chi connectivity index (χ1) is 8.04. The summed E-state index contributed by atoms with van der Waals surface area (Å²) in [6, 6.07) is 3.92. The number of aliphatic hydroxyl groups is 1. The summed E-state index contributed by atoms with van der Waals surface area (Å²) in [5.74, 6) is 1.00. The lowest BCUT2D eigenvalue weighted by Gasteiger charge is -2.15. The Morgan fingerprint density at radius 2 is 2.24 bits per heavy atom. The molecule has 0 saturated heterocycles. The van der Waals surface area contributed by atoms with Crippen LogP contribution in [0.25, 0.3) is 0 Å². The topological polar surface area (TPSA) is 68.9 Å². The molecule has 0 aliphatic rings. The number of aromatic nitrogens is 1. The van der Waals surface area contributed by atoms with Gasteiger partial charge in [-0.1, -0.05) is 13.8 Å². The summed E-state index contributed by atoms with van der Waals surface area (Å²) in [4.78, 5) is 4.12. The first-order valence-corrected chi connectivity index (χ1v) is 5.82. The lowest BCUT2D eigenvalue weighted by Crippen LogP contribution is -2.22. The number of aryl methyl sites for hydroxylation is 1. The van der Waals surface area contributed by atoms with Crippen molar-refractivity contribution < 1.29 is 5.11 Å². The molecule has 1 heterocycles. The molecule has 1 aromatic rings. The Hall–Kier alpha value is -1.60. The van der Waals surface area contributed by atoms with Crippen LogP contribution in [-0.4, -0.2) is 22.7 Å². The number of aliphatic hydroxyl groups excluding tert-OH is 1. The van der Waals surface area contributed by atoms with Crippen molar-refractivity contribution in [3.05, 3.63) is 23.4 Å². The summed E-state index contributed by atoms with van der Waals surface area (Å²) in [5.41, 5.74) is 1.44. The Morgan fingerprint density at radius 1 is 1.53 bits per heavy atom. The second kappa shape index (κ2) is 6.21. The van der Waals surface area contributed by atoms with Gasteiger partial charge in [-0.25, -0.2) is 4.98 Å². The van der Waals surface area contributed by atoms with E-state index >= 15 is 0 Å². The van der Waals surface area contributed by atoms with Crippen molar-refractivity contribution in [1.29, 1.82) is 5.26 Å². The van der Waals surface area contributed by atoms with Gasteiger partial charge in [0.15, 0.2) is 0 Å². The zero-order chi connectivity index (χ0) is 12.8. The monoisotopic (exact) mass is 233 g/mol. The van der Waals surface area contributed by atoms with Gasteiger partial charge in [-0.05, 0) is 30.9 Å². The quantitative estimate of drug-likeness (QED) is 0.817. The van der Waals surface area contributed by atoms with Crippen molar-refractivity contribution in [2.45, 2.75) is 33.3 Å². The number of nitrogens with zero attached hydrogens (tertiary/aromatic N) is 2. The van der Waals surface area contributed by atoms with Gasteiger partial charge in [0, 0.05) is 12.7 Å². The van der Waals surface area contributed by atoms with Gasteiger partial charge >= 0.3 is 0 Å². The average Bonchev–Trinajstić information content (AvgIpc) is 2.25. The van der Waals surface area contributed by atoms with E-state index in [0.29, 0.717) is 23.8 Å². The van der Waals surface area contributed by atoms with Gasteiger partial charge in [-0.15, -0.1) is 0 Å². The van der Waals surface area contributed by atoms with Crippen molar-refractivity contribution >= 4 is 5.82 Å². The fourth-order valence-corrected chi connectivity index (χ4v) is 1.68. The highest BCUT2D eigenvalue weighted by molar-refractivity contribution is 5.55. The van der Waals surface area contributed by atoms with Crippen molar-refractivity contribution in [3.8, 4) is 6.07 Å². The largest absolute Gasteiger partial charge is 0.391 e. The highest BCUT2D eigenvalue weighted by Gasteiger charge is 2.10. The van der Waals surface area contributed by atoms with Crippen LogP contribution in [0.5, 0.6) is 0 Å². The van der Waals surface area contributed by atoms with E-state index in [1.165, 1.54) is 0 Å². The molecule has 1 rings (SSSR count). The van der Waals surface area contributed by atoms with Gasteiger partial charge in [0.25, 0.3) is 0 Å². The number of pyridine rings is 1. The standard InChI is InChI=1S/C13H19N3O/c1-9(2)6-11(17)8-16-13-12(7-14)10(3)4-5-15-13/h4-5,9,11,17H,6,8H2,1-3H3,(H,15,16). The van der Waals surface area contributed by atoms with Gasteiger partial charge in [0.05, 0.1) is 11.7 Å². The van der Waals surface area contributed by atoms with E-state index in [0.717, 1.165) is 12.0 Å². The molecule has 0 spiro atoms. The molecule has 0 saturated carbocycles. The van der Waals surface area contributed by atoms with E-state index in [1.54, 1.807) is 12.3 Å². The number of hydrogen-bond acceptors (Lipinski definition) is 4. The molecule has 1 atom stereocenters. The third kappa shape index (κ3) is 4.04. The number of anilines is 1. The molecular formula is C13H19N3O. The summed E-state index contributed by atoms with van der Waals surface area (Å²) in [5, 5.41) is 21.8. The van der Waals surface area contributed by atoms with E-state index < -0.39 is 6.10 Å². The van der Waals surface area contributed by atoms with Crippen LogP contribution in [-0.2, 0) is 0 Å². The zero-order valence-electron chi connectivity index (χ0n) is 10.6. The van der Waals surface area contributed by atoms with Gasteiger partial charge in [0.2, 0.25) is 0 Å². The van der Waals surface area contributed by atoms with E-state index in [4.69, 9.17) is 5.26 Å². The number of nitriles is 1. The van der Waals surface area contributed by atoms with Crippen molar-refractivity contribution in [2.24, 2.45) is 5.92 Å². The number of hydrogen-bond donors (Lipinski definition) is 2. The molecule has 0 radical (unpaired) electrons. The molecule has 0 aliphatic carbocycles. The maximum Gasteiger partial charge on any atom is 0.144 e. The number of rotatable bonds is 5. The van der Waals surface area contributed by atoms with Gasteiger partial charge in [-0.3, -0.25) is 0 Å². The van der Waals surface area contributed by atoms with Crippen LogP contribution in [0.4, 0.5) is 5.82 Å².